The van der Waals surface area contributed by atoms with E-state index in [1.807, 2.05) is 0 Å². The number of benzene rings is 1. The van der Waals surface area contributed by atoms with E-state index in [1.165, 1.54) is 24.2 Å². The number of rotatable bonds is 3. The van der Waals surface area contributed by atoms with Crippen LogP contribution in [0.15, 0.2) is 40.6 Å². The van der Waals surface area contributed by atoms with E-state index < -0.39 is 6.10 Å². The average molecular weight is 264 g/mol. The molecule has 0 saturated carbocycles. The zero-order valence-corrected chi connectivity index (χ0v) is 10.9. The maximum atomic E-state index is 13.5. The zero-order chi connectivity index (χ0) is 13.1. The molecule has 1 aromatic heterocycles. The van der Waals surface area contributed by atoms with E-state index in [4.69, 9.17) is 0 Å². The average Bonchev–Trinajstić information content (AvgIpc) is 2.34. The Bertz CT molecular complexity index is 546. The third-order valence-corrected chi connectivity index (χ3v) is 3.53. The maximum absolute atomic E-state index is 13.5. The minimum absolute atomic E-state index is 0.307. The second kappa shape index (κ2) is 5.46. The quantitative estimate of drug-likeness (QED) is 0.865. The van der Waals surface area contributed by atoms with Gasteiger partial charge in [-0.2, -0.15) is 0 Å². The van der Waals surface area contributed by atoms with Gasteiger partial charge in [-0.3, -0.25) is 0 Å². The molecule has 1 atom stereocenters. The molecular weight excluding hydrogens is 251 g/mol. The molecule has 94 valence electrons. The highest BCUT2D eigenvalue weighted by atomic mass is 32.2. The molecule has 0 aliphatic heterocycles. The lowest BCUT2D eigenvalue weighted by molar-refractivity contribution is 0.196. The molecular formula is C13H13FN2OS. The van der Waals surface area contributed by atoms with Gasteiger partial charge in [0.05, 0.1) is 6.10 Å². The molecule has 1 heterocycles. The molecule has 5 heteroatoms. The Balaban J connectivity index is 2.40. The fourth-order valence-corrected chi connectivity index (χ4v) is 2.57. The fraction of sp³-hybridized carbons (Fsp3) is 0.231. The van der Waals surface area contributed by atoms with Gasteiger partial charge in [-0.25, -0.2) is 14.4 Å². The van der Waals surface area contributed by atoms with Crippen LogP contribution in [0.4, 0.5) is 4.39 Å². The summed E-state index contributed by atoms with van der Waals surface area (Å²) in [5.74, 6) is -0.307. The lowest BCUT2D eigenvalue weighted by atomic mass is 10.1. The minimum Gasteiger partial charge on any atom is -0.389 e. The molecule has 0 saturated heterocycles. The summed E-state index contributed by atoms with van der Waals surface area (Å²) in [7, 11) is 0. The summed E-state index contributed by atoms with van der Waals surface area (Å²) >= 11 is 1.39. The van der Waals surface area contributed by atoms with Gasteiger partial charge in [0.2, 0.25) is 0 Å². The highest BCUT2D eigenvalue weighted by Crippen LogP contribution is 2.33. The van der Waals surface area contributed by atoms with Crippen LogP contribution in [0.1, 0.15) is 24.2 Å². The molecule has 0 aliphatic rings. The first-order valence-corrected chi connectivity index (χ1v) is 6.31. The van der Waals surface area contributed by atoms with Crippen LogP contribution in [0.25, 0.3) is 0 Å². The number of aromatic nitrogens is 2. The number of aliphatic hydroxyl groups is 1. The van der Waals surface area contributed by atoms with E-state index in [1.54, 1.807) is 32.2 Å². The molecule has 1 unspecified atom stereocenters. The van der Waals surface area contributed by atoms with Gasteiger partial charge in [0.25, 0.3) is 0 Å². The third-order valence-electron chi connectivity index (χ3n) is 2.51. The van der Waals surface area contributed by atoms with Gasteiger partial charge < -0.3 is 5.11 Å². The van der Waals surface area contributed by atoms with Crippen molar-refractivity contribution < 1.29 is 9.50 Å². The van der Waals surface area contributed by atoms with Gasteiger partial charge >= 0.3 is 0 Å². The summed E-state index contributed by atoms with van der Waals surface area (Å²) in [5, 5.41) is 10.4. The lowest BCUT2D eigenvalue weighted by Crippen LogP contribution is -1.97. The Hall–Kier alpha value is -1.46. The number of hydrogen-bond donors (Lipinski definition) is 1. The normalized spacial score (nSPS) is 12.4. The predicted octanol–water partition coefficient (Wildman–Crippen LogP) is 3.13. The Morgan fingerprint density at radius 2 is 2.17 bits per heavy atom. The van der Waals surface area contributed by atoms with Gasteiger partial charge in [-0.15, -0.1) is 0 Å². The van der Waals surface area contributed by atoms with Crippen LogP contribution >= 0.6 is 11.8 Å². The van der Waals surface area contributed by atoms with Crippen molar-refractivity contribution in [2.75, 3.05) is 0 Å². The first kappa shape index (κ1) is 13.0. The van der Waals surface area contributed by atoms with Gasteiger partial charge in [-0.05, 0) is 43.2 Å². The van der Waals surface area contributed by atoms with E-state index >= 15 is 0 Å². The molecule has 0 spiro atoms. The number of halogens is 1. The van der Waals surface area contributed by atoms with Crippen molar-refractivity contribution in [3.05, 3.63) is 47.7 Å². The Kier molecular flexibility index (Phi) is 3.93. The molecule has 0 radical (unpaired) electrons. The predicted molar refractivity (Wildman–Crippen MR) is 67.9 cm³/mol. The molecule has 2 aromatic rings. The van der Waals surface area contributed by atoms with Gasteiger partial charge in [-0.1, -0.05) is 11.8 Å². The van der Waals surface area contributed by atoms with Crippen molar-refractivity contribution in [2.24, 2.45) is 0 Å². The van der Waals surface area contributed by atoms with Crippen molar-refractivity contribution in [3.63, 3.8) is 0 Å². The highest BCUT2D eigenvalue weighted by Gasteiger charge is 2.13. The molecule has 0 bridgehead atoms. The molecule has 2 rings (SSSR count). The van der Waals surface area contributed by atoms with Crippen LogP contribution in [0.2, 0.25) is 0 Å². The van der Waals surface area contributed by atoms with Crippen LogP contribution in [-0.4, -0.2) is 15.1 Å². The van der Waals surface area contributed by atoms with Crippen LogP contribution in [-0.2, 0) is 0 Å². The minimum atomic E-state index is -0.718. The largest absolute Gasteiger partial charge is 0.389 e. The van der Waals surface area contributed by atoms with Crippen LogP contribution in [0.5, 0.6) is 0 Å². The molecule has 0 aliphatic carbocycles. The second-order valence-electron chi connectivity index (χ2n) is 3.96. The second-order valence-corrected chi connectivity index (χ2v) is 5.03. The Labute approximate surface area is 109 Å². The van der Waals surface area contributed by atoms with E-state index in [-0.39, 0.29) is 5.82 Å². The summed E-state index contributed by atoms with van der Waals surface area (Å²) in [6.07, 6.45) is 2.39. The van der Waals surface area contributed by atoms with E-state index in [0.29, 0.717) is 11.1 Å². The van der Waals surface area contributed by atoms with Crippen molar-refractivity contribution in [1.29, 1.82) is 0 Å². The molecule has 3 nitrogen and oxygen atoms in total. The van der Waals surface area contributed by atoms with Gasteiger partial charge in [0, 0.05) is 11.1 Å². The van der Waals surface area contributed by atoms with Gasteiger partial charge in [0.1, 0.15) is 17.2 Å². The number of hydrogen-bond acceptors (Lipinski definition) is 4. The molecule has 1 N–H and O–H groups in total. The number of aryl methyl sites for hydroxylation is 1. The summed E-state index contributed by atoms with van der Waals surface area (Å²) in [4.78, 5) is 8.75. The van der Waals surface area contributed by atoms with Crippen molar-refractivity contribution in [2.45, 2.75) is 29.9 Å². The van der Waals surface area contributed by atoms with Crippen molar-refractivity contribution >= 4 is 11.8 Å². The Morgan fingerprint density at radius 1 is 1.39 bits per heavy atom. The summed E-state index contributed by atoms with van der Waals surface area (Å²) < 4.78 is 13.5. The first-order chi connectivity index (χ1) is 8.58. The van der Waals surface area contributed by atoms with Crippen LogP contribution < -0.4 is 0 Å². The number of nitrogens with zero attached hydrogens (tertiary/aromatic N) is 2. The SMILES string of the molecule is Cc1cc(Sc2ccncn2)c(C(C)O)cc1F. The third kappa shape index (κ3) is 2.86. The summed E-state index contributed by atoms with van der Waals surface area (Å²) in [5.41, 5.74) is 1.12. The highest BCUT2D eigenvalue weighted by molar-refractivity contribution is 7.99. The summed E-state index contributed by atoms with van der Waals surface area (Å²) in [6, 6.07) is 4.88. The molecule has 0 amide bonds. The Morgan fingerprint density at radius 3 is 2.78 bits per heavy atom. The maximum Gasteiger partial charge on any atom is 0.126 e. The van der Waals surface area contributed by atoms with Crippen LogP contribution in [0.3, 0.4) is 0 Å². The van der Waals surface area contributed by atoms with Crippen molar-refractivity contribution in [1.82, 2.24) is 9.97 Å². The molecule has 18 heavy (non-hydrogen) atoms. The first-order valence-electron chi connectivity index (χ1n) is 5.50. The topological polar surface area (TPSA) is 46.0 Å². The summed E-state index contributed by atoms with van der Waals surface area (Å²) in [6.45, 7) is 3.32. The molecule has 1 aromatic carbocycles. The van der Waals surface area contributed by atoms with E-state index in [0.717, 1.165) is 9.92 Å². The standard InChI is InChI=1S/C13H13FN2OS/c1-8-5-12(10(9(2)17)6-11(8)14)18-13-3-4-15-7-16-13/h3-7,9,17H,1-2H3. The number of aliphatic hydroxyl groups excluding tert-OH is 1. The van der Waals surface area contributed by atoms with E-state index in [2.05, 4.69) is 9.97 Å². The lowest BCUT2D eigenvalue weighted by Gasteiger charge is -2.12. The monoisotopic (exact) mass is 264 g/mol. The smallest absolute Gasteiger partial charge is 0.126 e. The molecule has 0 fully saturated rings. The zero-order valence-electron chi connectivity index (χ0n) is 10.1. The van der Waals surface area contributed by atoms with Gasteiger partial charge in [0.15, 0.2) is 0 Å². The van der Waals surface area contributed by atoms with Crippen molar-refractivity contribution in [3.8, 4) is 0 Å². The van der Waals surface area contributed by atoms with E-state index in [9.17, 15) is 9.50 Å². The fourth-order valence-electron chi connectivity index (χ4n) is 1.54. The van der Waals surface area contributed by atoms with Crippen LogP contribution in [0, 0.1) is 12.7 Å².